The summed E-state index contributed by atoms with van der Waals surface area (Å²) in [5.41, 5.74) is 0.845. The van der Waals surface area contributed by atoms with E-state index in [0.717, 1.165) is 58.5 Å². The van der Waals surface area contributed by atoms with Crippen LogP contribution < -0.4 is 0 Å². The molecule has 4 heterocycles. The van der Waals surface area contributed by atoms with E-state index in [4.69, 9.17) is 9.47 Å². The molecule has 0 bridgehead atoms. The highest BCUT2D eigenvalue weighted by molar-refractivity contribution is 5.93. The zero-order chi connectivity index (χ0) is 17.4. The van der Waals surface area contributed by atoms with Gasteiger partial charge in [-0.2, -0.15) is 5.10 Å². The number of aromatic nitrogens is 2. The lowest BCUT2D eigenvalue weighted by Crippen LogP contribution is -2.75. The number of hydrogen-bond donors (Lipinski definition) is 0. The summed E-state index contributed by atoms with van der Waals surface area (Å²) in [6.45, 7) is 4.30. The van der Waals surface area contributed by atoms with Crippen LogP contribution in [0.3, 0.4) is 0 Å². The second-order valence-corrected chi connectivity index (χ2v) is 7.52. The van der Waals surface area contributed by atoms with E-state index in [1.807, 2.05) is 19.1 Å². The van der Waals surface area contributed by atoms with E-state index in [1.54, 1.807) is 17.1 Å². The number of rotatable bonds is 3. The standard InChI is InChI=1S/C18H28N4O3/c1-20-12-14(11-19-20)17(23)21-7-3-15(4-8-21)22-13-16(24-2)18(22)5-9-25-10-6-18/h11-12,15-16H,3-10,13H2,1-2H3. The Balaban J connectivity index is 1.38. The quantitative estimate of drug-likeness (QED) is 0.812. The molecule has 3 aliphatic rings. The SMILES string of the molecule is COC1CN(C2CCN(C(=O)c3cnn(C)c3)CC2)C12CCOCC2. The first kappa shape index (κ1) is 17.0. The number of piperidine rings is 1. The predicted molar refractivity (Wildman–Crippen MR) is 92.4 cm³/mol. The molecule has 138 valence electrons. The molecular weight excluding hydrogens is 320 g/mol. The van der Waals surface area contributed by atoms with Gasteiger partial charge in [0.15, 0.2) is 0 Å². The second kappa shape index (κ2) is 6.70. The van der Waals surface area contributed by atoms with Crippen LogP contribution in [0.15, 0.2) is 12.4 Å². The fourth-order valence-corrected chi connectivity index (χ4v) is 4.84. The van der Waals surface area contributed by atoms with Gasteiger partial charge in [-0.3, -0.25) is 14.4 Å². The average molecular weight is 348 g/mol. The van der Waals surface area contributed by atoms with Crippen LogP contribution in [0.2, 0.25) is 0 Å². The maximum absolute atomic E-state index is 12.6. The van der Waals surface area contributed by atoms with Crippen LogP contribution in [0.4, 0.5) is 0 Å². The van der Waals surface area contributed by atoms with Gasteiger partial charge in [-0.05, 0) is 25.7 Å². The molecule has 3 saturated heterocycles. The number of methoxy groups -OCH3 is 1. The van der Waals surface area contributed by atoms with Crippen molar-refractivity contribution < 1.29 is 14.3 Å². The molecule has 1 atom stereocenters. The van der Waals surface area contributed by atoms with Crippen LogP contribution in [-0.4, -0.2) is 83.1 Å². The van der Waals surface area contributed by atoms with Gasteiger partial charge in [-0.25, -0.2) is 0 Å². The molecule has 3 fully saturated rings. The van der Waals surface area contributed by atoms with Crippen molar-refractivity contribution in [2.75, 3.05) is 40.0 Å². The zero-order valence-corrected chi connectivity index (χ0v) is 15.2. The highest BCUT2D eigenvalue weighted by Gasteiger charge is 2.56. The minimum Gasteiger partial charge on any atom is -0.381 e. The van der Waals surface area contributed by atoms with Crippen molar-refractivity contribution in [1.29, 1.82) is 0 Å². The van der Waals surface area contributed by atoms with Gasteiger partial charge in [0.2, 0.25) is 0 Å². The molecule has 0 N–H and O–H groups in total. The van der Waals surface area contributed by atoms with Crippen molar-refractivity contribution in [3.05, 3.63) is 18.0 Å². The Morgan fingerprint density at radius 1 is 1.32 bits per heavy atom. The number of carbonyl (C=O) groups excluding carboxylic acids is 1. The van der Waals surface area contributed by atoms with Gasteiger partial charge in [0.05, 0.1) is 23.4 Å². The lowest BCUT2D eigenvalue weighted by molar-refractivity contribution is -0.207. The van der Waals surface area contributed by atoms with E-state index in [9.17, 15) is 4.79 Å². The lowest BCUT2D eigenvalue weighted by Gasteiger charge is -2.63. The second-order valence-electron chi connectivity index (χ2n) is 7.52. The monoisotopic (exact) mass is 348 g/mol. The van der Waals surface area contributed by atoms with Gasteiger partial charge in [0.1, 0.15) is 0 Å². The van der Waals surface area contributed by atoms with Gasteiger partial charge in [0.25, 0.3) is 5.91 Å². The van der Waals surface area contributed by atoms with E-state index >= 15 is 0 Å². The summed E-state index contributed by atoms with van der Waals surface area (Å²) in [6, 6.07) is 0.544. The molecule has 4 rings (SSSR count). The van der Waals surface area contributed by atoms with Gasteiger partial charge in [0, 0.05) is 59.2 Å². The van der Waals surface area contributed by atoms with Gasteiger partial charge in [-0.1, -0.05) is 0 Å². The smallest absolute Gasteiger partial charge is 0.257 e. The molecule has 7 heteroatoms. The average Bonchev–Trinajstić information content (AvgIpc) is 3.08. The van der Waals surface area contributed by atoms with Crippen LogP contribution in [0, 0.1) is 0 Å². The molecule has 0 aliphatic carbocycles. The largest absolute Gasteiger partial charge is 0.381 e. The Morgan fingerprint density at radius 2 is 2.04 bits per heavy atom. The van der Waals surface area contributed by atoms with Gasteiger partial charge < -0.3 is 14.4 Å². The molecule has 0 radical (unpaired) electrons. The van der Waals surface area contributed by atoms with Crippen molar-refractivity contribution in [1.82, 2.24) is 19.6 Å². The molecule has 1 amide bonds. The third-order valence-electron chi connectivity index (χ3n) is 6.32. The fraction of sp³-hybridized carbons (Fsp3) is 0.778. The molecule has 3 aliphatic heterocycles. The number of aryl methyl sites for hydroxylation is 1. The van der Waals surface area contributed by atoms with Crippen molar-refractivity contribution in [2.24, 2.45) is 7.05 Å². The van der Waals surface area contributed by atoms with Crippen molar-refractivity contribution in [2.45, 2.75) is 43.4 Å². The molecular formula is C18H28N4O3. The highest BCUT2D eigenvalue weighted by atomic mass is 16.5. The third kappa shape index (κ3) is 2.88. The molecule has 1 aromatic heterocycles. The van der Waals surface area contributed by atoms with E-state index < -0.39 is 0 Å². The number of hydrogen-bond acceptors (Lipinski definition) is 5. The van der Waals surface area contributed by atoms with Crippen LogP contribution in [0.1, 0.15) is 36.0 Å². The van der Waals surface area contributed by atoms with Crippen LogP contribution in [0.5, 0.6) is 0 Å². The summed E-state index contributed by atoms with van der Waals surface area (Å²) in [6.07, 6.45) is 7.96. The Kier molecular flexibility index (Phi) is 4.56. The highest BCUT2D eigenvalue weighted by Crippen LogP contribution is 2.44. The van der Waals surface area contributed by atoms with Gasteiger partial charge in [-0.15, -0.1) is 0 Å². The number of carbonyl (C=O) groups is 1. The summed E-state index contributed by atoms with van der Waals surface area (Å²) >= 11 is 0. The zero-order valence-electron chi connectivity index (χ0n) is 15.2. The summed E-state index contributed by atoms with van der Waals surface area (Å²) < 4.78 is 13.0. The Bertz CT molecular complexity index is 618. The first-order chi connectivity index (χ1) is 12.1. The lowest BCUT2D eigenvalue weighted by atomic mass is 9.73. The first-order valence-electron chi connectivity index (χ1n) is 9.29. The summed E-state index contributed by atoms with van der Waals surface area (Å²) in [5.74, 6) is 0.103. The number of ether oxygens (including phenoxy) is 2. The summed E-state index contributed by atoms with van der Waals surface area (Å²) in [7, 11) is 3.67. The molecule has 1 unspecified atom stereocenters. The van der Waals surface area contributed by atoms with E-state index in [-0.39, 0.29) is 11.4 Å². The summed E-state index contributed by atoms with van der Waals surface area (Å²) in [5, 5.41) is 4.11. The van der Waals surface area contributed by atoms with Crippen molar-refractivity contribution in [3.63, 3.8) is 0 Å². The Hall–Kier alpha value is -1.44. The minimum atomic E-state index is 0.103. The number of amides is 1. The molecule has 1 aromatic rings. The molecule has 0 aromatic carbocycles. The van der Waals surface area contributed by atoms with Crippen LogP contribution in [-0.2, 0) is 16.5 Å². The first-order valence-corrected chi connectivity index (χ1v) is 9.29. The topological polar surface area (TPSA) is 59.8 Å². The molecule has 25 heavy (non-hydrogen) atoms. The summed E-state index contributed by atoms with van der Waals surface area (Å²) in [4.78, 5) is 17.2. The fourth-order valence-electron chi connectivity index (χ4n) is 4.84. The normalized spacial score (nSPS) is 27.4. The van der Waals surface area contributed by atoms with Crippen LogP contribution >= 0.6 is 0 Å². The van der Waals surface area contributed by atoms with Gasteiger partial charge >= 0.3 is 0 Å². The number of likely N-dealkylation sites (tertiary alicyclic amines) is 2. The van der Waals surface area contributed by atoms with Crippen LogP contribution in [0.25, 0.3) is 0 Å². The van der Waals surface area contributed by atoms with E-state index in [2.05, 4.69) is 10.00 Å². The Labute approximate surface area is 148 Å². The predicted octanol–water partition coefficient (Wildman–Crippen LogP) is 0.905. The van der Waals surface area contributed by atoms with Crippen molar-refractivity contribution >= 4 is 5.91 Å². The maximum atomic E-state index is 12.6. The van der Waals surface area contributed by atoms with E-state index in [1.165, 1.54) is 0 Å². The van der Waals surface area contributed by atoms with Crippen molar-refractivity contribution in [3.8, 4) is 0 Å². The molecule has 1 spiro atoms. The third-order valence-corrected chi connectivity index (χ3v) is 6.32. The Morgan fingerprint density at radius 3 is 2.64 bits per heavy atom. The minimum absolute atomic E-state index is 0.103. The maximum Gasteiger partial charge on any atom is 0.257 e. The van der Waals surface area contributed by atoms with E-state index in [0.29, 0.717) is 17.7 Å². The molecule has 0 saturated carbocycles. The number of nitrogens with zero attached hydrogens (tertiary/aromatic N) is 4. The molecule has 7 nitrogen and oxygen atoms in total.